The number of aryl methyl sites for hydroxylation is 3. The van der Waals surface area contributed by atoms with Gasteiger partial charge in [-0.25, -0.2) is 0 Å². The van der Waals surface area contributed by atoms with Crippen LogP contribution in [0.2, 0.25) is 0 Å². The van der Waals surface area contributed by atoms with Crippen molar-refractivity contribution in [2.24, 2.45) is 0 Å². The summed E-state index contributed by atoms with van der Waals surface area (Å²) in [7, 11) is 0. The number of carbonyl (C=O) groups is 1. The molecular formula is C17H23N3O. The van der Waals surface area contributed by atoms with Crippen LogP contribution < -0.4 is 5.32 Å². The molecule has 2 rings (SSSR count). The molecule has 0 saturated heterocycles. The van der Waals surface area contributed by atoms with Crippen molar-refractivity contribution < 1.29 is 4.79 Å². The minimum absolute atomic E-state index is 0.0174. The van der Waals surface area contributed by atoms with Crippen LogP contribution in [0, 0.1) is 27.7 Å². The molecule has 2 aromatic rings. The molecule has 1 N–H and O–H groups in total. The summed E-state index contributed by atoms with van der Waals surface area (Å²) in [5, 5.41) is 7.44. The minimum Gasteiger partial charge on any atom is -0.326 e. The number of hydrogen-bond donors (Lipinski definition) is 1. The van der Waals surface area contributed by atoms with Crippen molar-refractivity contribution in [1.29, 1.82) is 0 Å². The fourth-order valence-electron chi connectivity index (χ4n) is 2.53. The highest BCUT2D eigenvalue weighted by Gasteiger charge is 2.14. The molecule has 0 radical (unpaired) electrons. The average Bonchev–Trinajstić information content (AvgIpc) is 2.74. The largest absolute Gasteiger partial charge is 0.326 e. The number of anilines is 1. The third-order valence-electron chi connectivity index (χ3n) is 3.82. The first kappa shape index (κ1) is 15.3. The quantitative estimate of drug-likeness (QED) is 0.931. The smallest absolute Gasteiger partial charge is 0.226 e. The van der Waals surface area contributed by atoms with Crippen LogP contribution in [0.1, 0.15) is 41.9 Å². The Labute approximate surface area is 126 Å². The summed E-state index contributed by atoms with van der Waals surface area (Å²) < 4.78 is 1.91. The highest BCUT2D eigenvalue weighted by atomic mass is 16.1. The van der Waals surface area contributed by atoms with Gasteiger partial charge in [0.1, 0.15) is 0 Å². The summed E-state index contributed by atoms with van der Waals surface area (Å²) in [5.74, 6) is 0.0174. The number of aromatic nitrogens is 2. The lowest BCUT2D eigenvalue weighted by Crippen LogP contribution is -2.19. The van der Waals surface area contributed by atoms with Crippen LogP contribution in [-0.4, -0.2) is 15.7 Å². The zero-order chi connectivity index (χ0) is 15.6. The van der Waals surface area contributed by atoms with Gasteiger partial charge in [0.05, 0.1) is 11.7 Å². The van der Waals surface area contributed by atoms with Gasteiger partial charge in [0.25, 0.3) is 0 Å². The van der Waals surface area contributed by atoms with E-state index < -0.39 is 0 Å². The first-order valence-electron chi connectivity index (χ1n) is 7.27. The Morgan fingerprint density at radius 1 is 1.29 bits per heavy atom. The maximum Gasteiger partial charge on any atom is 0.226 e. The van der Waals surface area contributed by atoms with Gasteiger partial charge in [0, 0.05) is 17.8 Å². The number of carbonyl (C=O) groups excluding carboxylic acids is 1. The van der Waals surface area contributed by atoms with E-state index in [1.807, 2.05) is 63.6 Å². The third-order valence-corrected chi connectivity index (χ3v) is 3.82. The van der Waals surface area contributed by atoms with E-state index in [4.69, 9.17) is 0 Å². The predicted octanol–water partition coefficient (Wildman–Crippen LogP) is 3.71. The molecule has 1 amide bonds. The molecule has 112 valence electrons. The lowest BCUT2D eigenvalue weighted by Gasteiger charge is -2.15. The third kappa shape index (κ3) is 3.51. The molecule has 4 heteroatoms. The molecule has 0 spiro atoms. The lowest BCUT2D eigenvalue weighted by molar-refractivity contribution is -0.116. The number of nitrogens with one attached hydrogen (secondary N) is 1. The monoisotopic (exact) mass is 285 g/mol. The topological polar surface area (TPSA) is 46.9 Å². The normalized spacial score (nSPS) is 12.2. The fraction of sp³-hybridized carbons (Fsp3) is 0.412. The molecule has 1 aromatic carbocycles. The molecule has 0 bridgehead atoms. The second kappa shape index (κ2) is 6.12. The molecule has 0 aliphatic rings. The van der Waals surface area contributed by atoms with Gasteiger partial charge in [-0.1, -0.05) is 12.1 Å². The predicted molar refractivity (Wildman–Crippen MR) is 85.6 cm³/mol. The van der Waals surface area contributed by atoms with Crippen molar-refractivity contribution in [3.63, 3.8) is 0 Å². The number of nitrogens with zero attached hydrogens (tertiary/aromatic N) is 2. The van der Waals surface area contributed by atoms with Gasteiger partial charge >= 0.3 is 0 Å². The van der Waals surface area contributed by atoms with E-state index in [0.29, 0.717) is 6.42 Å². The Hall–Kier alpha value is -2.10. The molecule has 0 aliphatic heterocycles. The molecule has 0 saturated carbocycles. The molecule has 0 unspecified atom stereocenters. The first-order chi connectivity index (χ1) is 9.88. The molecule has 1 heterocycles. The highest BCUT2D eigenvalue weighted by Crippen LogP contribution is 2.20. The van der Waals surface area contributed by atoms with Gasteiger partial charge in [0.2, 0.25) is 5.91 Å². The van der Waals surface area contributed by atoms with Crippen molar-refractivity contribution in [1.82, 2.24) is 9.78 Å². The van der Waals surface area contributed by atoms with Crippen molar-refractivity contribution >= 4 is 11.6 Å². The standard InChI is InChI=1S/C17H23N3O/c1-11-7-6-8-16(15(11)5)18-17(21)10-14(4)20-13(3)9-12(2)19-20/h6-9,14H,10H2,1-5H3,(H,18,21)/t14-/m0/s1. The second-order valence-electron chi connectivity index (χ2n) is 5.72. The van der Waals surface area contributed by atoms with Gasteiger partial charge < -0.3 is 5.32 Å². The summed E-state index contributed by atoms with van der Waals surface area (Å²) in [6.45, 7) is 10.1. The van der Waals surface area contributed by atoms with E-state index >= 15 is 0 Å². The number of benzene rings is 1. The van der Waals surface area contributed by atoms with Crippen LogP contribution in [0.3, 0.4) is 0 Å². The van der Waals surface area contributed by atoms with E-state index in [9.17, 15) is 4.79 Å². The summed E-state index contributed by atoms with van der Waals surface area (Å²) in [6, 6.07) is 8.02. The van der Waals surface area contributed by atoms with Crippen molar-refractivity contribution in [3.8, 4) is 0 Å². The fourth-order valence-corrected chi connectivity index (χ4v) is 2.53. The molecule has 1 atom stereocenters. The van der Waals surface area contributed by atoms with Gasteiger partial charge in [-0.15, -0.1) is 0 Å². The Bertz CT molecular complexity index is 658. The van der Waals surface area contributed by atoms with E-state index in [2.05, 4.69) is 10.4 Å². The van der Waals surface area contributed by atoms with Crippen LogP contribution in [-0.2, 0) is 4.79 Å². The summed E-state index contributed by atoms with van der Waals surface area (Å²) in [4.78, 5) is 12.2. The van der Waals surface area contributed by atoms with Crippen LogP contribution in [0.5, 0.6) is 0 Å². The number of rotatable bonds is 4. The SMILES string of the molecule is Cc1cc(C)n([C@@H](C)CC(=O)Nc2cccc(C)c2C)n1. The average molecular weight is 285 g/mol. The molecule has 4 nitrogen and oxygen atoms in total. The van der Waals surface area contributed by atoms with Crippen LogP contribution >= 0.6 is 0 Å². The molecule has 1 aromatic heterocycles. The van der Waals surface area contributed by atoms with Gasteiger partial charge in [-0.2, -0.15) is 5.10 Å². The number of amides is 1. The van der Waals surface area contributed by atoms with E-state index in [1.165, 1.54) is 5.56 Å². The molecule has 0 aliphatic carbocycles. The first-order valence-corrected chi connectivity index (χ1v) is 7.27. The molecule has 0 fully saturated rings. The number of hydrogen-bond acceptors (Lipinski definition) is 2. The Morgan fingerprint density at radius 3 is 2.62 bits per heavy atom. The van der Waals surface area contributed by atoms with Crippen LogP contribution in [0.4, 0.5) is 5.69 Å². The lowest BCUT2D eigenvalue weighted by atomic mass is 10.1. The summed E-state index contributed by atoms with van der Waals surface area (Å²) in [6.07, 6.45) is 0.412. The van der Waals surface area contributed by atoms with Crippen molar-refractivity contribution in [2.45, 2.75) is 47.1 Å². The van der Waals surface area contributed by atoms with Gasteiger partial charge in [0.15, 0.2) is 0 Å². The zero-order valence-corrected chi connectivity index (χ0v) is 13.4. The Morgan fingerprint density at radius 2 is 2.00 bits per heavy atom. The van der Waals surface area contributed by atoms with Crippen molar-refractivity contribution in [2.75, 3.05) is 5.32 Å². The Kier molecular flexibility index (Phi) is 4.46. The zero-order valence-electron chi connectivity index (χ0n) is 13.4. The van der Waals surface area contributed by atoms with E-state index in [-0.39, 0.29) is 11.9 Å². The van der Waals surface area contributed by atoms with Gasteiger partial charge in [-0.05, 0) is 57.9 Å². The highest BCUT2D eigenvalue weighted by molar-refractivity contribution is 5.91. The second-order valence-corrected chi connectivity index (χ2v) is 5.72. The maximum absolute atomic E-state index is 12.2. The summed E-state index contributed by atoms with van der Waals surface area (Å²) in [5.41, 5.74) is 5.25. The summed E-state index contributed by atoms with van der Waals surface area (Å²) >= 11 is 0. The van der Waals surface area contributed by atoms with Crippen molar-refractivity contribution in [3.05, 3.63) is 46.8 Å². The molecular weight excluding hydrogens is 262 g/mol. The molecule has 21 heavy (non-hydrogen) atoms. The Balaban J connectivity index is 2.05. The minimum atomic E-state index is 0.0174. The van der Waals surface area contributed by atoms with E-state index in [1.54, 1.807) is 0 Å². The maximum atomic E-state index is 12.2. The van der Waals surface area contributed by atoms with Gasteiger partial charge in [-0.3, -0.25) is 9.48 Å². The van der Waals surface area contributed by atoms with Crippen LogP contribution in [0.25, 0.3) is 0 Å². The van der Waals surface area contributed by atoms with E-state index in [0.717, 1.165) is 22.6 Å². The van der Waals surface area contributed by atoms with Crippen LogP contribution in [0.15, 0.2) is 24.3 Å².